The maximum atomic E-state index is 11.4. The van der Waals surface area contributed by atoms with Crippen molar-refractivity contribution in [2.75, 3.05) is 19.5 Å². The fourth-order valence-electron chi connectivity index (χ4n) is 1.79. The molecule has 1 aromatic carbocycles. The van der Waals surface area contributed by atoms with Gasteiger partial charge in [0.1, 0.15) is 11.5 Å². The molecule has 0 radical (unpaired) electrons. The van der Waals surface area contributed by atoms with Gasteiger partial charge in [-0.1, -0.05) is 0 Å². The van der Waals surface area contributed by atoms with E-state index in [9.17, 15) is 4.79 Å². The highest BCUT2D eigenvalue weighted by molar-refractivity contribution is 5.93. The lowest BCUT2D eigenvalue weighted by Crippen LogP contribution is -2.22. The second-order valence-corrected chi connectivity index (χ2v) is 4.43. The van der Waals surface area contributed by atoms with Crippen LogP contribution in [-0.4, -0.2) is 30.1 Å². The minimum absolute atomic E-state index is 0.0732. The molecule has 1 aromatic heterocycles. The van der Waals surface area contributed by atoms with E-state index in [1.807, 2.05) is 0 Å². The molecule has 0 aliphatic carbocycles. The summed E-state index contributed by atoms with van der Waals surface area (Å²) in [6.45, 7) is 1.70. The van der Waals surface area contributed by atoms with Crippen LogP contribution in [0.15, 0.2) is 34.1 Å². The fraction of sp³-hybridized carbons (Fsp3) is 0.214. The lowest BCUT2D eigenvalue weighted by molar-refractivity contribution is 0.395. The SMILES string of the molecule is COc1cc(N/C(N)=N/c2nc(C)cc(=O)[nH]2)cc(OC)c1. The molecule has 0 spiro atoms. The minimum atomic E-state index is -0.290. The largest absolute Gasteiger partial charge is 0.497 e. The Morgan fingerprint density at radius 1 is 1.23 bits per heavy atom. The van der Waals surface area contributed by atoms with Crippen LogP contribution in [0.5, 0.6) is 11.5 Å². The van der Waals surface area contributed by atoms with Crippen LogP contribution in [-0.2, 0) is 0 Å². The number of anilines is 1. The summed E-state index contributed by atoms with van der Waals surface area (Å²) in [6, 6.07) is 6.57. The molecule has 0 aliphatic heterocycles. The molecule has 0 atom stereocenters. The Labute approximate surface area is 127 Å². The van der Waals surface area contributed by atoms with Crippen LogP contribution >= 0.6 is 0 Å². The van der Waals surface area contributed by atoms with Crippen LogP contribution in [0.25, 0.3) is 0 Å². The van der Waals surface area contributed by atoms with Crippen LogP contribution in [0.4, 0.5) is 11.6 Å². The van der Waals surface area contributed by atoms with Crippen molar-refractivity contribution in [2.45, 2.75) is 6.92 Å². The number of aliphatic imine (C=N–C) groups is 1. The summed E-state index contributed by atoms with van der Waals surface area (Å²) in [5.74, 6) is 1.42. The summed E-state index contributed by atoms with van der Waals surface area (Å²) >= 11 is 0. The van der Waals surface area contributed by atoms with Gasteiger partial charge in [0, 0.05) is 35.6 Å². The Morgan fingerprint density at radius 3 is 2.41 bits per heavy atom. The van der Waals surface area contributed by atoms with Gasteiger partial charge in [-0.2, -0.15) is 4.99 Å². The molecule has 116 valence electrons. The third kappa shape index (κ3) is 3.98. The average molecular weight is 303 g/mol. The van der Waals surface area contributed by atoms with Gasteiger partial charge in [0.25, 0.3) is 5.56 Å². The second-order valence-electron chi connectivity index (χ2n) is 4.43. The normalized spacial score (nSPS) is 11.1. The predicted octanol–water partition coefficient (Wildman–Crippen LogP) is 1.15. The number of aromatic nitrogens is 2. The van der Waals surface area contributed by atoms with E-state index in [1.165, 1.54) is 6.07 Å². The van der Waals surface area contributed by atoms with Gasteiger partial charge in [0.2, 0.25) is 11.9 Å². The zero-order chi connectivity index (χ0) is 16.1. The Kier molecular flexibility index (Phi) is 4.62. The lowest BCUT2D eigenvalue weighted by atomic mass is 10.3. The summed E-state index contributed by atoms with van der Waals surface area (Å²) in [7, 11) is 3.11. The summed E-state index contributed by atoms with van der Waals surface area (Å²) in [5, 5.41) is 2.88. The quantitative estimate of drug-likeness (QED) is 0.576. The number of nitrogens with one attached hydrogen (secondary N) is 2. The Hall–Kier alpha value is -3.03. The standard InChI is InChI=1S/C14H17N5O3/c1-8-4-12(20)18-14(16-8)19-13(15)17-9-5-10(21-2)7-11(6-9)22-3/h4-7H,1-3H3,(H4,15,16,17,18,19,20). The number of nitrogens with two attached hydrogens (primary N) is 1. The van der Waals surface area contributed by atoms with Crippen molar-refractivity contribution in [3.63, 3.8) is 0 Å². The van der Waals surface area contributed by atoms with Crippen LogP contribution in [0, 0.1) is 6.92 Å². The molecule has 8 heteroatoms. The topological polar surface area (TPSA) is 115 Å². The Balaban J connectivity index is 2.25. The molecule has 2 aromatic rings. The highest BCUT2D eigenvalue weighted by Gasteiger charge is 2.04. The van der Waals surface area contributed by atoms with Gasteiger partial charge < -0.3 is 20.5 Å². The van der Waals surface area contributed by atoms with Crippen molar-refractivity contribution in [1.82, 2.24) is 9.97 Å². The number of ether oxygens (including phenoxy) is 2. The number of rotatable bonds is 4. The highest BCUT2D eigenvalue weighted by atomic mass is 16.5. The minimum Gasteiger partial charge on any atom is -0.497 e. The molecule has 0 bridgehead atoms. The molecule has 0 saturated carbocycles. The third-order valence-electron chi connectivity index (χ3n) is 2.71. The van der Waals surface area contributed by atoms with Gasteiger partial charge in [-0.25, -0.2) is 4.98 Å². The van der Waals surface area contributed by atoms with Crippen molar-refractivity contribution >= 4 is 17.6 Å². The first-order chi connectivity index (χ1) is 10.5. The number of guanidine groups is 1. The van der Waals surface area contributed by atoms with Crippen LogP contribution in [0.2, 0.25) is 0 Å². The van der Waals surface area contributed by atoms with E-state index >= 15 is 0 Å². The Bertz CT molecular complexity index is 732. The number of hydrogen-bond acceptors (Lipinski definition) is 5. The zero-order valence-corrected chi connectivity index (χ0v) is 12.5. The summed E-state index contributed by atoms with van der Waals surface area (Å²) in [5.41, 5.74) is 6.71. The van der Waals surface area contributed by atoms with E-state index in [2.05, 4.69) is 20.3 Å². The smallest absolute Gasteiger partial charge is 0.252 e. The molecule has 0 amide bonds. The number of benzene rings is 1. The number of aryl methyl sites for hydroxylation is 1. The number of hydrogen-bond donors (Lipinski definition) is 3. The van der Waals surface area contributed by atoms with Crippen molar-refractivity contribution in [2.24, 2.45) is 10.7 Å². The van der Waals surface area contributed by atoms with Gasteiger partial charge in [-0.15, -0.1) is 0 Å². The average Bonchev–Trinajstić information content (AvgIpc) is 2.45. The van der Waals surface area contributed by atoms with Crippen molar-refractivity contribution in [1.29, 1.82) is 0 Å². The molecule has 4 N–H and O–H groups in total. The molecule has 1 heterocycles. The highest BCUT2D eigenvalue weighted by Crippen LogP contribution is 2.25. The van der Waals surface area contributed by atoms with Gasteiger partial charge in [0.05, 0.1) is 14.2 Å². The fourth-order valence-corrected chi connectivity index (χ4v) is 1.79. The van der Waals surface area contributed by atoms with Gasteiger partial charge in [-0.05, 0) is 6.92 Å². The monoisotopic (exact) mass is 303 g/mol. The van der Waals surface area contributed by atoms with E-state index in [1.54, 1.807) is 39.3 Å². The predicted molar refractivity (Wildman–Crippen MR) is 84.0 cm³/mol. The van der Waals surface area contributed by atoms with E-state index < -0.39 is 0 Å². The maximum absolute atomic E-state index is 11.4. The first-order valence-electron chi connectivity index (χ1n) is 6.42. The number of aromatic amines is 1. The number of H-pyrrole nitrogens is 1. The van der Waals surface area contributed by atoms with Gasteiger partial charge in [-0.3, -0.25) is 9.78 Å². The first kappa shape index (κ1) is 15.4. The molecule has 0 aliphatic rings. The second kappa shape index (κ2) is 6.61. The first-order valence-corrected chi connectivity index (χ1v) is 6.42. The summed E-state index contributed by atoms with van der Waals surface area (Å²) in [4.78, 5) is 21.9. The van der Waals surface area contributed by atoms with Crippen molar-refractivity contribution in [3.8, 4) is 11.5 Å². The van der Waals surface area contributed by atoms with E-state index in [-0.39, 0.29) is 17.5 Å². The number of methoxy groups -OCH3 is 2. The lowest BCUT2D eigenvalue weighted by Gasteiger charge is -2.10. The van der Waals surface area contributed by atoms with Crippen LogP contribution in [0.1, 0.15) is 5.69 Å². The Morgan fingerprint density at radius 2 is 1.86 bits per heavy atom. The van der Waals surface area contributed by atoms with E-state index in [0.717, 1.165) is 0 Å². The molecule has 22 heavy (non-hydrogen) atoms. The van der Waals surface area contributed by atoms with Gasteiger partial charge in [0.15, 0.2) is 0 Å². The maximum Gasteiger partial charge on any atom is 0.252 e. The zero-order valence-electron chi connectivity index (χ0n) is 12.5. The number of nitrogens with zero attached hydrogens (tertiary/aromatic N) is 2. The third-order valence-corrected chi connectivity index (χ3v) is 2.71. The molecule has 0 unspecified atom stereocenters. The van der Waals surface area contributed by atoms with Crippen molar-refractivity contribution in [3.05, 3.63) is 40.3 Å². The van der Waals surface area contributed by atoms with Gasteiger partial charge >= 0.3 is 0 Å². The molecular formula is C14H17N5O3. The van der Waals surface area contributed by atoms with Crippen molar-refractivity contribution < 1.29 is 9.47 Å². The van der Waals surface area contributed by atoms with Crippen LogP contribution in [0.3, 0.4) is 0 Å². The molecule has 8 nitrogen and oxygen atoms in total. The van der Waals surface area contributed by atoms with E-state index in [0.29, 0.717) is 22.9 Å². The molecule has 0 fully saturated rings. The summed E-state index contributed by atoms with van der Waals surface area (Å²) in [6.07, 6.45) is 0. The molecule has 0 saturated heterocycles. The van der Waals surface area contributed by atoms with Crippen LogP contribution < -0.4 is 26.1 Å². The molecular weight excluding hydrogens is 286 g/mol. The van der Waals surface area contributed by atoms with E-state index in [4.69, 9.17) is 15.2 Å². The molecule has 2 rings (SSSR count). The summed E-state index contributed by atoms with van der Waals surface area (Å²) < 4.78 is 10.3.